The third kappa shape index (κ3) is 4.25. The van der Waals surface area contributed by atoms with Gasteiger partial charge in [0.05, 0.1) is 0 Å². The summed E-state index contributed by atoms with van der Waals surface area (Å²) in [5.41, 5.74) is 1.53. The van der Waals surface area contributed by atoms with Gasteiger partial charge < -0.3 is 5.32 Å². The molecule has 5 heteroatoms. The highest BCUT2D eigenvalue weighted by atomic mass is 35.5. The second kappa shape index (κ2) is 8.07. The first-order valence-corrected chi connectivity index (χ1v) is 8.85. The Morgan fingerprint density at radius 3 is 2.54 bits per heavy atom. The zero-order valence-corrected chi connectivity index (χ0v) is 14.9. The van der Waals surface area contributed by atoms with Gasteiger partial charge in [-0.15, -0.1) is 6.42 Å². The number of rotatable bonds is 6. The van der Waals surface area contributed by atoms with Crippen molar-refractivity contribution in [3.63, 3.8) is 0 Å². The number of hydrogen-bond acceptors (Lipinski definition) is 2. The quantitative estimate of drug-likeness (QED) is 0.796. The standard InChI is InChI=1S/C21H19ClN2O2/c1-2-19(25)24(18-10-6-9-17(22)13-18)20(16-11-12-16)21(26)23-14-15-7-4-3-5-8-15/h1,3-10,13,16,20H,11-12,14H2,(H,23,26). The number of benzene rings is 2. The number of hydrogen-bond donors (Lipinski definition) is 1. The zero-order valence-electron chi connectivity index (χ0n) is 14.2. The van der Waals surface area contributed by atoms with E-state index in [0.717, 1.165) is 18.4 Å². The lowest BCUT2D eigenvalue weighted by molar-refractivity contribution is -0.125. The average molecular weight is 367 g/mol. The monoisotopic (exact) mass is 366 g/mol. The summed E-state index contributed by atoms with van der Waals surface area (Å²) in [4.78, 5) is 26.7. The maximum atomic E-state index is 12.9. The molecule has 0 aliphatic heterocycles. The SMILES string of the molecule is C#CC(=O)N(c1cccc(Cl)c1)C(C(=O)NCc1ccccc1)C1CC1. The molecule has 1 aliphatic rings. The number of halogens is 1. The van der Waals surface area contributed by atoms with Gasteiger partial charge in [0.1, 0.15) is 6.04 Å². The van der Waals surface area contributed by atoms with Crippen LogP contribution in [0.5, 0.6) is 0 Å². The molecule has 2 aromatic rings. The van der Waals surface area contributed by atoms with E-state index in [1.165, 1.54) is 4.90 Å². The van der Waals surface area contributed by atoms with E-state index in [1.807, 2.05) is 30.3 Å². The molecule has 26 heavy (non-hydrogen) atoms. The highest BCUT2D eigenvalue weighted by molar-refractivity contribution is 6.31. The van der Waals surface area contributed by atoms with Gasteiger partial charge in [-0.3, -0.25) is 14.5 Å². The molecule has 132 valence electrons. The van der Waals surface area contributed by atoms with Crippen LogP contribution in [0.25, 0.3) is 0 Å². The van der Waals surface area contributed by atoms with Crippen molar-refractivity contribution in [1.29, 1.82) is 0 Å². The molecule has 1 saturated carbocycles. The van der Waals surface area contributed by atoms with Crippen molar-refractivity contribution in [3.8, 4) is 12.3 Å². The minimum atomic E-state index is -0.638. The number of anilines is 1. The molecule has 0 saturated heterocycles. The Hall–Kier alpha value is -2.77. The maximum absolute atomic E-state index is 12.9. The summed E-state index contributed by atoms with van der Waals surface area (Å²) in [7, 11) is 0. The van der Waals surface area contributed by atoms with Gasteiger partial charge in [-0.1, -0.05) is 48.0 Å². The zero-order chi connectivity index (χ0) is 18.5. The highest BCUT2D eigenvalue weighted by Gasteiger charge is 2.42. The van der Waals surface area contributed by atoms with E-state index in [9.17, 15) is 9.59 Å². The number of amides is 2. The van der Waals surface area contributed by atoms with Crippen LogP contribution in [0.2, 0.25) is 5.02 Å². The van der Waals surface area contributed by atoms with Gasteiger partial charge in [0.2, 0.25) is 5.91 Å². The van der Waals surface area contributed by atoms with Crippen molar-refractivity contribution < 1.29 is 9.59 Å². The van der Waals surface area contributed by atoms with E-state index >= 15 is 0 Å². The summed E-state index contributed by atoms with van der Waals surface area (Å²) >= 11 is 6.07. The lowest BCUT2D eigenvalue weighted by atomic mass is 10.1. The molecule has 1 aliphatic carbocycles. The number of terminal acetylenes is 1. The van der Waals surface area contributed by atoms with Gasteiger partial charge in [-0.25, -0.2) is 0 Å². The molecule has 0 heterocycles. The Labute approximate surface area is 158 Å². The largest absolute Gasteiger partial charge is 0.350 e. The highest BCUT2D eigenvalue weighted by Crippen LogP contribution is 2.38. The number of carbonyl (C=O) groups excluding carboxylic acids is 2. The minimum absolute atomic E-state index is 0.0991. The van der Waals surface area contributed by atoms with Crippen molar-refractivity contribution in [3.05, 3.63) is 65.2 Å². The van der Waals surface area contributed by atoms with Crippen LogP contribution < -0.4 is 10.2 Å². The van der Waals surface area contributed by atoms with E-state index in [1.54, 1.807) is 24.3 Å². The Morgan fingerprint density at radius 1 is 1.19 bits per heavy atom. The second-order valence-corrected chi connectivity index (χ2v) is 6.72. The predicted molar refractivity (Wildman–Crippen MR) is 103 cm³/mol. The van der Waals surface area contributed by atoms with E-state index in [-0.39, 0.29) is 11.8 Å². The fourth-order valence-electron chi connectivity index (χ4n) is 2.94. The predicted octanol–water partition coefficient (Wildman–Crippen LogP) is 3.40. The summed E-state index contributed by atoms with van der Waals surface area (Å²) in [6.07, 6.45) is 7.14. The van der Waals surface area contributed by atoms with Crippen molar-refractivity contribution >= 4 is 29.1 Å². The van der Waals surface area contributed by atoms with Crippen molar-refractivity contribution in [2.45, 2.75) is 25.4 Å². The third-order valence-corrected chi connectivity index (χ3v) is 4.59. The molecule has 3 rings (SSSR count). The Balaban J connectivity index is 1.84. The molecular weight excluding hydrogens is 348 g/mol. The van der Waals surface area contributed by atoms with Crippen LogP contribution >= 0.6 is 11.6 Å². The molecule has 0 radical (unpaired) electrons. The maximum Gasteiger partial charge on any atom is 0.303 e. The average Bonchev–Trinajstić information content (AvgIpc) is 3.49. The summed E-state index contributed by atoms with van der Waals surface area (Å²) in [6, 6.07) is 15.8. The smallest absolute Gasteiger partial charge is 0.303 e. The van der Waals surface area contributed by atoms with E-state index in [0.29, 0.717) is 17.3 Å². The molecule has 4 nitrogen and oxygen atoms in total. The molecule has 0 bridgehead atoms. The molecule has 2 amide bonds. The fraction of sp³-hybridized carbons (Fsp3) is 0.238. The number of carbonyl (C=O) groups is 2. The van der Waals surface area contributed by atoms with E-state index in [4.69, 9.17) is 18.0 Å². The molecule has 1 atom stereocenters. The first-order chi connectivity index (χ1) is 12.6. The third-order valence-electron chi connectivity index (χ3n) is 4.35. The van der Waals surface area contributed by atoms with Crippen LogP contribution in [0.1, 0.15) is 18.4 Å². The number of nitrogens with one attached hydrogen (secondary N) is 1. The summed E-state index contributed by atoms with van der Waals surface area (Å²) in [5.74, 6) is 1.49. The van der Waals surface area contributed by atoms with Gasteiger partial charge in [0.15, 0.2) is 0 Å². The summed E-state index contributed by atoms with van der Waals surface area (Å²) in [6.45, 7) is 0.399. The van der Waals surface area contributed by atoms with Crippen LogP contribution in [-0.2, 0) is 16.1 Å². The molecule has 1 fully saturated rings. The van der Waals surface area contributed by atoms with Gasteiger partial charge in [0, 0.05) is 17.3 Å². The van der Waals surface area contributed by atoms with Gasteiger partial charge in [-0.2, -0.15) is 0 Å². The van der Waals surface area contributed by atoms with Crippen LogP contribution in [0, 0.1) is 18.3 Å². The molecule has 1 unspecified atom stereocenters. The van der Waals surface area contributed by atoms with Crippen LogP contribution in [-0.4, -0.2) is 17.9 Å². The van der Waals surface area contributed by atoms with Gasteiger partial charge in [-0.05, 0) is 48.4 Å². The van der Waals surface area contributed by atoms with E-state index < -0.39 is 11.9 Å². The van der Waals surface area contributed by atoms with Crippen LogP contribution in [0.4, 0.5) is 5.69 Å². The van der Waals surface area contributed by atoms with Gasteiger partial charge in [0.25, 0.3) is 0 Å². The Kier molecular flexibility index (Phi) is 5.60. The summed E-state index contributed by atoms with van der Waals surface area (Å²) < 4.78 is 0. The first kappa shape index (κ1) is 18.0. The van der Waals surface area contributed by atoms with Gasteiger partial charge >= 0.3 is 5.91 Å². The van der Waals surface area contributed by atoms with Crippen LogP contribution in [0.3, 0.4) is 0 Å². The summed E-state index contributed by atoms with van der Waals surface area (Å²) in [5, 5.41) is 3.41. The second-order valence-electron chi connectivity index (χ2n) is 6.29. The molecule has 1 N–H and O–H groups in total. The first-order valence-electron chi connectivity index (χ1n) is 8.47. The topological polar surface area (TPSA) is 49.4 Å². The fourth-order valence-corrected chi connectivity index (χ4v) is 3.13. The lowest BCUT2D eigenvalue weighted by Gasteiger charge is -2.29. The van der Waals surface area contributed by atoms with Crippen molar-refractivity contribution in [2.75, 3.05) is 4.90 Å². The number of nitrogens with zero attached hydrogens (tertiary/aromatic N) is 1. The molecular formula is C21H19ClN2O2. The van der Waals surface area contributed by atoms with Crippen LogP contribution in [0.15, 0.2) is 54.6 Å². The Bertz CT molecular complexity index is 841. The molecule has 0 spiro atoms. The molecule has 0 aromatic heterocycles. The minimum Gasteiger partial charge on any atom is -0.350 e. The Morgan fingerprint density at radius 2 is 1.92 bits per heavy atom. The van der Waals surface area contributed by atoms with Crippen molar-refractivity contribution in [2.24, 2.45) is 5.92 Å². The van der Waals surface area contributed by atoms with E-state index in [2.05, 4.69) is 11.2 Å². The normalized spacial score (nSPS) is 14.2. The molecule has 2 aromatic carbocycles. The van der Waals surface area contributed by atoms with Crippen molar-refractivity contribution in [1.82, 2.24) is 5.32 Å². The lowest BCUT2D eigenvalue weighted by Crippen LogP contribution is -2.50.